The smallest absolute Gasteiger partial charge is 0.329 e. The lowest BCUT2D eigenvalue weighted by atomic mass is 10.2. The Labute approximate surface area is 127 Å². The molecule has 2 rings (SSSR count). The highest BCUT2D eigenvalue weighted by molar-refractivity contribution is 6.39. The molecule has 0 radical (unpaired) electrons. The van der Waals surface area contributed by atoms with E-state index in [1.165, 1.54) is 18.3 Å². The van der Waals surface area contributed by atoms with Crippen LogP contribution in [0.5, 0.6) is 5.75 Å². The molecule has 6 heteroatoms. The van der Waals surface area contributed by atoms with Gasteiger partial charge >= 0.3 is 11.8 Å². The van der Waals surface area contributed by atoms with Crippen LogP contribution in [0.4, 0.5) is 5.69 Å². The molecule has 2 amide bonds. The third-order valence-electron chi connectivity index (χ3n) is 2.77. The van der Waals surface area contributed by atoms with Crippen LogP contribution in [0.2, 0.25) is 0 Å². The SMILES string of the molecule is Cc1ccc(NC(=O)C(=O)NN=Cc2cccc(O)c2)cc1. The van der Waals surface area contributed by atoms with Gasteiger partial charge in [0.1, 0.15) is 5.75 Å². The largest absolute Gasteiger partial charge is 0.508 e. The maximum absolute atomic E-state index is 11.7. The Morgan fingerprint density at radius 1 is 1.09 bits per heavy atom. The van der Waals surface area contributed by atoms with E-state index >= 15 is 0 Å². The third kappa shape index (κ3) is 4.45. The summed E-state index contributed by atoms with van der Waals surface area (Å²) in [6.07, 6.45) is 1.33. The Hall–Kier alpha value is -3.15. The van der Waals surface area contributed by atoms with Gasteiger partial charge in [0, 0.05) is 5.69 Å². The van der Waals surface area contributed by atoms with Gasteiger partial charge in [-0.05, 0) is 36.8 Å². The van der Waals surface area contributed by atoms with Crippen LogP contribution >= 0.6 is 0 Å². The highest BCUT2D eigenvalue weighted by Gasteiger charge is 2.12. The van der Waals surface area contributed by atoms with E-state index in [1.807, 2.05) is 19.1 Å². The van der Waals surface area contributed by atoms with Crippen LogP contribution in [-0.4, -0.2) is 23.1 Å². The number of nitrogens with one attached hydrogen (secondary N) is 2. The first-order valence-corrected chi connectivity index (χ1v) is 6.55. The van der Waals surface area contributed by atoms with Crippen LogP contribution < -0.4 is 10.7 Å². The average Bonchev–Trinajstić information content (AvgIpc) is 2.49. The standard InChI is InChI=1S/C16H15N3O3/c1-11-5-7-13(8-6-11)18-15(21)16(22)19-17-10-12-3-2-4-14(20)9-12/h2-10,20H,1H3,(H,18,21)(H,19,22). The number of carbonyl (C=O) groups excluding carboxylic acids is 2. The van der Waals surface area contributed by atoms with Gasteiger partial charge in [-0.3, -0.25) is 9.59 Å². The van der Waals surface area contributed by atoms with Crippen LogP contribution in [0.3, 0.4) is 0 Å². The van der Waals surface area contributed by atoms with Gasteiger partial charge in [-0.15, -0.1) is 0 Å². The summed E-state index contributed by atoms with van der Waals surface area (Å²) in [5.74, 6) is -1.60. The number of nitrogens with zero attached hydrogens (tertiary/aromatic N) is 1. The second kappa shape index (κ2) is 7.03. The summed E-state index contributed by atoms with van der Waals surface area (Å²) in [6.45, 7) is 1.93. The lowest BCUT2D eigenvalue weighted by Crippen LogP contribution is -2.32. The number of phenolic OH excluding ortho intramolecular Hbond substituents is 1. The van der Waals surface area contributed by atoms with Gasteiger partial charge in [0.2, 0.25) is 0 Å². The number of benzene rings is 2. The van der Waals surface area contributed by atoms with Gasteiger partial charge in [0.25, 0.3) is 0 Å². The van der Waals surface area contributed by atoms with Crippen molar-refractivity contribution in [1.29, 1.82) is 0 Å². The van der Waals surface area contributed by atoms with Crippen LogP contribution in [0, 0.1) is 6.92 Å². The van der Waals surface area contributed by atoms with E-state index in [-0.39, 0.29) is 5.75 Å². The van der Waals surface area contributed by atoms with E-state index in [2.05, 4.69) is 15.8 Å². The van der Waals surface area contributed by atoms with Gasteiger partial charge in [0.15, 0.2) is 0 Å². The topological polar surface area (TPSA) is 90.8 Å². The number of hydrogen-bond donors (Lipinski definition) is 3. The highest BCUT2D eigenvalue weighted by atomic mass is 16.3. The minimum Gasteiger partial charge on any atom is -0.508 e. The molecule has 0 saturated heterocycles. The van der Waals surface area contributed by atoms with Crippen LogP contribution in [0.15, 0.2) is 53.6 Å². The molecule has 0 unspecified atom stereocenters. The quantitative estimate of drug-likeness (QED) is 0.458. The molecule has 0 atom stereocenters. The van der Waals surface area contributed by atoms with Crippen LogP contribution in [0.1, 0.15) is 11.1 Å². The predicted octanol–water partition coefficient (Wildman–Crippen LogP) is 1.79. The summed E-state index contributed by atoms with van der Waals surface area (Å²) >= 11 is 0. The molecule has 0 aliphatic rings. The molecule has 0 bridgehead atoms. The molecule has 112 valence electrons. The lowest BCUT2D eigenvalue weighted by molar-refractivity contribution is -0.136. The highest BCUT2D eigenvalue weighted by Crippen LogP contribution is 2.09. The van der Waals surface area contributed by atoms with Gasteiger partial charge in [0.05, 0.1) is 6.21 Å². The third-order valence-corrected chi connectivity index (χ3v) is 2.77. The summed E-state index contributed by atoms with van der Waals surface area (Å²) in [6, 6.07) is 13.4. The molecule has 0 spiro atoms. The first-order valence-electron chi connectivity index (χ1n) is 6.55. The van der Waals surface area contributed by atoms with Crippen molar-refractivity contribution in [2.45, 2.75) is 6.92 Å². The predicted molar refractivity (Wildman–Crippen MR) is 83.7 cm³/mol. The minimum atomic E-state index is -0.878. The van der Waals surface area contributed by atoms with E-state index in [4.69, 9.17) is 0 Å². The Bertz CT molecular complexity index is 709. The van der Waals surface area contributed by atoms with Crippen molar-refractivity contribution in [2.24, 2.45) is 5.10 Å². The summed E-state index contributed by atoms with van der Waals surface area (Å²) in [5, 5.41) is 15.4. The maximum atomic E-state index is 11.7. The van der Waals surface area contributed by atoms with E-state index < -0.39 is 11.8 Å². The molecule has 0 aliphatic carbocycles. The Balaban J connectivity index is 1.89. The molecule has 2 aromatic carbocycles. The first-order chi connectivity index (χ1) is 10.5. The number of anilines is 1. The lowest BCUT2D eigenvalue weighted by Gasteiger charge is -2.04. The molecular formula is C16H15N3O3. The van der Waals surface area contributed by atoms with E-state index in [0.717, 1.165) is 5.56 Å². The molecule has 0 saturated carbocycles. The average molecular weight is 297 g/mol. The Kier molecular flexibility index (Phi) is 4.87. The number of aromatic hydroxyl groups is 1. The number of rotatable bonds is 3. The molecule has 0 aliphatic heterocycles. The summed E-state index contributed by atoms with van der Waals surface area (Å²) in [5.41, 5.74) is 4.30. The van der Waals surface area contributed by atoms with Crippen molar-refractivity contribution in [3.8, 4) is 5.75 Å². The van der Waals surface area contributed by atoms with Crippen molar-refractivity contribution in [2.75, 3.05) is 5.32 Å². The molecular weight excluding hydrogens is 282 g/mol. The van der Waals surface area contributed by atoms with Crippen LogP contribution in [-0.2, 0) is 9.59 Å². The Morgan fingerprint density at radius 2 is 1.82 bits per heavy atom. The fraction of sp³-hybridized carbons (Fsp3) is 0.0625. The van der Waals surface area contributed by atoms with Gasteiger partial charge in [-0.1, -0.05) is 29.8 Å². The number of amides is 2. The van der Waals surface area contributed by atoms with E-state index in [0.29, 0.717) is 11.3 Å². The zero-order valence-electron chi connectivity index (χ0n) is 11.9. The van der Waals surface area contributed by atoms with Gasteiger partial charge in [-0.25, -0.2) is 5.43 Å². The second-order valence-electron chi connectivity index (χ2n) is 4.61. The summed E-state index contributed by atoms with van der Waals surface area (Å²) < 4.78 is 0. The second-order valence-corrected chi connectivity index (χ2v) is 4.61. The van der Waals surface area contributed by atoms with Crippen molar-refractivity contribution in [3.05, 3.63) is 59.7 Å². The first kappa shape index (κ1) is 15.2. The van der Waals surface area contributed by atoms with E-state index in [9.17, 15) is 14.7 Å². The molecule has 0 fully saturated rings. The number of hydrogen-bond acceptors (Lipinski definition) is 4. The Morgan fingerprint density at radius 3 is 2.50 bits per heavy atom. The minimum absolute atomic E-state index is 0.0902. The van der Waals surface area contributed by atoms with Crippen molar-refractivity contribution < 1.29 is 14.7 Å². The molecule has 2 aromatic rings. The zero-order chi connectivity index (χ0) is 15.9. The normalized spacial score (nSPS) is 10.4. The number of hydrazone groups is 1. The monoisotopic (exact) mass is 297 g/mol. The zero-order valence-corrected chi connectivity index (χ0v) is 11.9. The van der Waals surface area contributed by atoms with Crippen molar-refractivity contribution in [1.82, 2.24) is 5.43 Å². The molecule has 3 N–H and O–H groups in total. The number of phenols is 1. The van der Waals surface area contributed by atoms with Gasteiger partial charge in [-0.2, -0.15) is 5.10 Å². The number of carbonyl (C=O) groups is 2. The number of aryl methyl sites for hydroxylation is 1. The molecule has 22 heavy (non-hydrogen) atoms. The summed E-state index contributed by atoms with van der Waals surface area (Å²) in [7, 11) is 0. The molecule has 0 heterocycles. The van der Waals surface area contributed by atoms with Crippen LogP contribution in [0.25, 0.3) is 0 Å². The van der Waals surface area contributed by atoms with Gasteiger partial charge < -0.3 is 10.4 Å². The molecule has 6 nitrogen and oxygen atoms in total. The van der Waals surface area contributed by atoms with Crippen molar-refractivity contribution >= 4 is 23.7 Å². The summed E-state index contributed by atoms with van der Waals surface area (Å²) in [4.78, 5) is 23.2. The van der Waals surface area contributed by atoms with E-state index in [1.54, 1.807) is 24.3 Å². The fourth-order valence-corrected chi connectivity index (χ4v) is 1.65. The fourth-order valence-electron chi connectivity index (χ4n) is 1.65. The molecule has 0 aromatic heterocycles. The maximum Gasteiger partial charge on any atom is 0.329 e. The van der Waals surface area contributed by atoms with Crippen molar-refractivity contribution in [3.63, 3.8) is 0 Å².